The Kier molecular flexibility index (Phi) is 2.23. The summed E-state index contributed by atoms with van der Waals surface area (Å²) in [7, 11) is 0. The van der Waals surface area contributed by atoms with Gasteiger partial charge in [0.15, 0.2) is 6.79 Å². The van der Waals surface area contributed by atoms with E-state index in [0.717, 1.165) is 11.3 Å². The molecule has 1 aromatic rings. The van der Waals surface area contributed by atoms with Crippen LogP contribution in [0.4, 0.5) is 0 Å². The fourth-order valence-corrected chi connectivity index (χ4v) is 1.71. The van der Waals surface area contributed by atoms with Crippen molar-refractivity contribution in [1.82, 2.24) is 0 Å². The molecular formula is C12H16O2. The first-order valence-electron chi connectivity index (χ1n) is 4.92. The molecular weight excluding hydrogens is 176 g/mol. The van der Waals surface area contributed by atoms with E-state index in [1.165, 1.54) is 5.56 Å². The molecule has 0 saturated heterocycles. The van der Waals surface area contributed by atoms with Gasteiger partial charge >= 0.3 is 0 Å². The molecule has 0 radical (unpaired) electrons. The van der Waals surface area contributed by atoms with Crippen LogP contribution in [-0.2, 0) is 16.8 Å². The molecule has 0 aromatic heterocycles. The van der Waals surface area contributed by atoms with Gasteiger partial charge in [-0.25, -0.2) is 0 Å². The lowest BCUT2D eigenvalue weighted by Crippen LogP contribution is -2.19. The predicted molar refractivity (Wildman–Crippen MR) is 55.4 cm³/mol. The molecule has 0 amide bonds. The molecule has 0 fully saturated rings. The molecule has 76 valence electrons. The largest absolute Gasteiger partial charge is 0.467 e. The van der Waals surface area contributed by atoms with E-state index in [9.17, 15) is 0 Å². The zero-order chi connectivity index (χ0) is 10.2. The Bertz CT molecular complexity index is 337. The van der Waals surface area contributed by atoms with Crippen molar-refractivity contribution in [1.29, 1.82) is 0 Å². The molecule has 2 rings (SSSR count). The van der Waals surface area contributed by atoms with Crippen LogP contribution < -0.4 is 4.74 Å². The number of hydrogen-bond donors (Lipinski definition) is 0. The van der Waals surface area contributed by atoms with Crippen LogP contribution in [0.2, 0.25) is 0 Å². The molecule has 2 heteroatoms. The number of rotatable bonds is 0. The van der Waals surface area contributed by atoms with Crippen molar-refractivity contribution < 1.29 is 9.47 Å². The van der Waals surface area contributed by atoms with E-state index in [2.05, 4.69) is 39.0 Å². The lowest BCUT2D eigenvalue weighted by Gasteiger charge is -2.27. The third-order valence-electron chi connectivity index (χ3n) is 2.45. The molecule has 0 N–H and O–H groups in total. The minimum absolute atomic E-state index is 0.128. The molecule has 0 spiro atoms. The van der Waals surface area contributed by atoms with Crippen molar-refractivity contribution in [2.24, 2.45) is 0 Å². The highest BCUT2D eigenvalue weighted by Crippen LogP contribution is 2.35. The van der Waals surface area contributed by atoms with Crippen LogP contribution >= 0.6 is 0 Å². The molecule has 1 aromatic carbocycles. The van der Waals surface area contributed by atoms with E-state index in [1.807, 2.05) is 0 Å². The Morgan fingerprint density at radius 1 is 1.21 bits per heavy atom. The van der Waals surface area contributed by atoms with Gasteiger partial charge in [-0.3, -0.25) is 0 Å². The quantitative estimate of drug-likeness (QED) is 0.629. The highest BCUT2D eigenvalue weighted by atomic mass is 16.7. The van der Waals surface area contributed by atoms with E-state index in [4.69, 9.17) is 9.47 Å². The fraction of sp³-hybridized carbons (Fsp3) is 0.500. The van der Waals surface area contributed by atoms with Gasteiger partial charge in [-0.1, -0.05) is 39.0 Å². The van der Waals surface area contributed by atoms with Crippen molar-refractivity contribution in [3.63, 3.8) is 0 Å². The lowest BCUT2D eigenvalue weighted by atomic mass is 9.85. The summed E-state index contributed by atoms with van der Waals surface area (Å²) >= 11 is 0. The van der Waals surface area contributed by atoms with E-state index in [1.54, 1.807) is 0 Å². The Morgan fingerprint density at radius 2 is 2.00 bits per heavy atom. The number of benzene rings is 1. The van der Waals surface area contributed by atoms with Crippen LogP contribution in [0, 0.1) is 0 Å². The third-order valence-corrected chi connectivity index (χ3v) is 2.45. The minimum atomic E-state index is 0.128. The molecule has 0 unspecified atom stereocenters. The maximum absolute atomic E-state index is 5.56. The molecule has 1 heterocycles. The molecule has 0 saturated carbocycles. The highest BCUT2D eigenvalue weighted by Gasteiger charge is 2.22. The summed E-state index contributed by atoms with van der Waals surface area (Å²) in [6.07, 6.45) is 0. The second-order valence-corrected chi connectivity index (χ2v) is 4.65. The Morgan fingerprint density at radius 3 is 2.71 bits per heavy atom. The van der Waals surface area contributed by atoms with Crippen LogP contribution in [-0.4, -0.2) is 6.79 Å². The van der Waals surface area contributed by atoms with Crippen LogP contribution in [0.15, 0.2) is 18.2 Å². The molecule has 1 aliphatic rings. The smallest absolute Gasteiger partial charge is 0.189 e. The van der Waals surface area contributed by atoms with Crippen molar-refractivity contribution in [2.45, 2.75) is 32.8 Å². The first kappa shape index (κ1) is 9.53. The first-order chi connectivity index (χ1) is 6.59. The molecule has 14 heavy (non-hydrogen) atoms. The number of fused-ring (bicyclic) bond motifs is 1. The van der Waals surface area contributed by atoms with Gasteiger partial charge in [0.25, 0.3) is 0 Å². The third kappa shape index (κ3) is 1.62. The lowest BCUT2D eigenvalue weighted by molar-refractivity contribution is -0.0175. The second kappa shape index (κ2) is 3.28. The molecule has 0 aliphatic carbocycles. The maximum atomic E-state index is 5.56. The van der Waals surface area contributed by atoms with E-state index >= 15 is 0 Å². The Balaban J connectivity index is 2.51. The van der Waals surface area contributed by atoms with Gasteiger partial charge in [-0.15, -0.1) is 0 Å². The summed E-state index contributed by atoms with van der Waals surface area (Å²) in [6, 6.07) is 6.26. The van der Waals surface area contributed by atoms with Gasteiger partial charge in [0, 0.05) is 5.56 Å². The van der Waals surface area contributed by atoms with E-state index < -0.39 is 0 Å². The van der Waals surface area contributed by atoms with Crippen molar-refractivity contribution in [3.8, 4) is 5.75 Å². The summed E-state index contributed by atoms with van der Waals surface area (Å²) < 4.78 is 10.8. The standard InChI is InChI=1S/C12H16O2/c1-12(2,3)10-6-4-5-9-7-13-8-14-11(9)10/h4-6H,7-8H2,1-3H3. The molecule has 0 bridgehead atoms. The average molecular weight is 192 g/mol. The van der Waals surface area contributed by atoms with Crippen LogP contribution in [0.1, 0.15) is 31.9 Å². The highest BCUT2D eigenvalue weighted by molar-refractivity contribution is 5.45. The number of para-hydroxylation sites is 1. The predicted octanol–water partition coefficient (Wildman–Crippen LogP) is 2.85. The van der Waals surface area contributed by atoms with Crippen LogP contribution in [0.3, 0.4) is 0 Å². The zero-order valence-electron chi connectivity index (χ0n) is 8.96. The van der Waals surface area contributed by atoms with Gasteiger partial charge in [0.05, 0.1) is 6.61 Å². The van der Waals surface area contributed by atoms with Crippen molar-refractivity contribution in [2.75, 3.05) is 6.79 Å². The molecule has 1 aliphatic heterocycles. The zero-order valence-corrected chi connectivity index (χ0v) is 8.96. The summed E-state index contributed by atoms with van der Waals surface area (Å²) in [5, 5.41) is 0. The Hall–Kier alpha value is -1.02. The van der Waals surface area contributed by atoms with E-state index in [-0.39, 0.29) is 5.41 Å². The topological polar surface area (TPSA) is 18.5 Å². The number of hydrogen-bond acceptors (Lipinski definition) is 2. The van der Waals surface area contributed by atoms with Gasteiger partial charge in [-0.2, -0.15) is 0 Å². The van der Waals surface area contributed by atoms with Gasteiger partial charge in [-0.05, 0) is 11.0 Å². The Labute approximate surface area is 84.8 Å². The fourth-order valence-electron chi connectivity index (χ4n) is 1.71. The minimum Gasteiger partial charge on any atom is -0.467 e. The van der Waals surface area contributed by atoms with E-state index in [0.29, 0.717) is 13.4 Å². The van der Waals surface area contributed by atoms with Gasteiger partial charge in [0.2, 0.25) is 0 Å². The monoisotopic (exact) mass is 192 g/mol. The number of ether oxygens (including phenoxy) is 2. The van der Waals surface area contributed by atoms with Crippen molar-refractivity contribution >= 4 is 0 Å². The molecule has 2 nitrogen and oxygen atoms in total. The summed E-state index contributed by atoms with van der Waals surface area (Å²) in [4.78, 5) is 0. The first-order valence-corrected chi connectivity index (χ1v) is 4.92. The molecule has 0 atom stereocenters. The summed E-state index contributed by atoms with van der Waals surface area (Å²) in [5.41, 5.74) is 2.55. The van der Waals surface area contributed by atoms with Gasteiger partial charge < -0.3 is 9.47 Å². The maximum Gasteiger partial charge on any atom is 0.189 e. The van der Waals surface area contributed by atoms with Crippen LogP contribution in [0.5, 0.6) is 5.75 Å². The summed E-state index contributed by atoms with van der Waals surface area (Å²) in [6.45, 7) is 7.63. The average Bonchev–Trinajstić information content (AvgIpc) is 2.15. The second-order valence-electron chi connectivity index (χ2n) is 4.65. The summed E-state index contributed by atoms with van der Waals surface area (Å²) in [5.74, 6) is 1.02. The van der Waals surface area contributed by atoms with Crippen molar-refractivity contribution in [3.05, 3.63) is 29.3 Å². The SMILES string of the molecule is CC(C)(C)c1cccc2c1OCOC2. The van der Waals surface area contributed by atoms with Crippen LogP contribution in [0.25, 0.3) is 0 Å². The van der Waals surface area contributed by atoms with Gasteiger partial charge in [0.1, 0.15) is 5.75 Å². The normalized spacial score (nSPS) is 15.9.